The SMILES string of the molecule is CCC1CCCC(C(NN)c2ccnc3ccccc23)C1. The van der Waals surface area contributed by atoms with Crippen LogP contribution in [-0.2, 0) is 0 Å². The van der Waals surface area contributed by atoms with Gasteiger partial charge in [-0.1, -0.05) is 44.4 Å². The highest BCUT2D eigenvalue weighted by Gasteiger charge is 2.29. The summed E-state index contributed by atoms with van der Waals surface area (Å²) in [6, 6.07) is 10.7. The van der Waals surface area contributed by atoms with E-state index in [1.807, 2.05) is 12.3 Å². The van der Waals surface area contributed by atoms with Gasteiger partial charge < -0.3 is 0 Å². The monoisotopic (exact) mass is 283 g/mol. The van der Waals surface area contributed by atoms with E-state index >= 15 is 0 Å². The molecule has 3 N–H and O–H groups in total. The number of hydrogen-bond acceptors (Lipinski definition) is 3. The Labute approximate surface area is 126 Å². The summed E-state index contributed by atoms with van der Waals surface area (Å²) in [4.78, 5) is 4.47. The fourth-order valence-electron chi connectivity index (χ4n) is 3.88. The predicted octanol–water partition coefficient (Wildman–Crippen LogP) is 3.96. The lowest BCUT2D eigenvalue weighted by Crippen LogP contribution is -2.36. The van der Waals surface area contributed by atoms with Crippen molar-refractivity contribution >= 4 is 10.9 Å². The van der Waals surface area contributed by atoms with E-state index in [1.54, 1.807) is 0 Å². The summed E-state index contributed by atoms with van der Waals surface area (Å²) in [7, 11) is 0. The van der Waals surface area contributed by atoms with Gasteiger partial charge in [0.15, 0.2) is 0 Å². The van der Waals surface area contributed by atoms with Gasteiger partial charge in [-0.3, -0.25) is 16.3 Å². The van der Waals surface area contributed by atoms with Crippen LogP contribution in [-0.4, -0.2) is 4.98 Å². The third-order valence-corrected chi connectivity index (χ3v) is 5.07. The highest BCUT2D eigenvalue weighted by molar-refractivity contribution is 5.82. The van der Waals surface area contributed by atoms with E-state index in [2.05, 4.69) is 41.6 Å². The van der Waals surface area contributed by atoms with E-state index in [0.717, 1.165) is 11.4 Å². The van der Waals surface area contributed by atoms with Gasteiger partial charge >= 0.3 is 0 Å². The molecular formula is C18H25N3. The first kappa shape index (κ1) is 14.5. The fourth-order valence-corrected chi connectivity index (χ4v) is 3.88. The van der Waals surface area contributed by atoms with Crippen molar-refractivity contribution in [2.45, 2.75) is 45.1 Å². The first-order valence-corrected chi connectivity index (χ1v) is 8.13. The van der Waals surface area contributed by atoms with E-state index in [4.69, 9.17) is 5.84 Å². The maximum Gasteiger partial charge on any atom is 0.0705 e. The Balaban J connectivity index is 1.94. The molecule has 0 spiro atoms. The van der Waals surface area contributed by atoms with Crippen LogP contribution >= 0.6 is 0 Å². The van der Waals surface area contributed by atoms with Crippen LogP contribution in [0.3, 0.4) is 0 Å². The van der Waals surface area contributed by atoms with Crippen LogP contribution < -0.4 is 11.3 Å². The minimum absolute atomic E-state index is 0.229. The highest BCUT2D eigenvalue weighted by Crippen LogP contribution is 2.39. The third kappa shape index (κ3) is 2.94. The smallest absolute Gasteiger partial charge is 0.0705 e. The molecule has 3 atom stereocenters. The van der Waals surface area contributed by atoms with Gasteiger partial charge in [0.1, 0.15) is 0 Å². The molecule has 1 fully saturated rings. The van der Waals surface area contributed by atoms with Gasteiger partial charge in [-0.25, -0.2) is 0 Å². The largest absolute Gasteiger partial charge is 0.271 e. The summed E-state index contributed by atoms with van der Waals surface area (Å²) in [6.45, 7) is 2.31. The van der Waals surface area contributed by atoms with Crippen LogP contribution in [0.5, 0.6) is 0 Å². The molecule has 3 nitrogen and oxygen atoms in total. The molecule has 112 valence electrons. The molecule has 0 bridgehead atoms. The summed E-state index contributed by atoms with van der Waals surface area (Å²) < 4.78 is 0. The standard InChI is InChI=1S/C18H25N3/c1-2-13-6-5-7-14(12-13)18(21-19)16-10-11-20-17-9-4-3-8-15(16)17/h3-4,8-11,13-14,18,21H,2,5-7,12,19H2,1H3. The number of para-hydroxylation sites is 1. The number of pyridine rings is 1. The van der Waals surface area contributed by atoms with E-state index in [9.17, 15) is 0 Å². The average molecular weight is 283 g/mol. The van der Waals surface area contributed by atoms with E-state index in [0.29, 0.717) is 5.92 Å². The number of nitrogens with two attached hydrogens (primary N) is 1. The summed E-state index contributed by atoms with van der Waals surface area (Å²) in [5, 5.41) is 1.22. The molecule has 3 rings (SSSR count). The Morgan fingerprint density at radius 1 is 1.29 bits per heavy atom. The molecule has 1 heterocycles. The first-order chi connectivity index (χ1) is 10.3. The van der Waals surface area contributed by atoms with Crippen molar-refractivity contribution in [2.24, 2.45) is 17.7 Å². The quantitative estimate of drug-likeness (QED) is 0.659. The molecule has 2 aromatic rings. The Morgan fingerprint density at radius 2 is 2.14 bits per heavy atom. The van der Waals surface area contributed by atoms with Crippen LogP contribution in [0.25, 0.3) is 10.9 Å². The lowest BCUT2D eigenvalue weighted by molar-refractivity contribution is 0.210. The Kier molecular flexibility index (Phi) is 4.51. The molecule has 1 aromatic heterocycles. The molecule has 1 aliphatic rings. The lowest BCUT2D eigenvalue weighted by atomic mass is 9.75. The second-order valence-electron chi connectivity index (χ2n) is 6.26. The van der Waals surface area contributed by atoms with Crippen LogP contribution in [0, 0.1) is 11.8 Å². The van der Waals surface area contributed by atoms with Crippen LogP contribution in [0.1, 0.15) is 50.6 Å². The fraction of sp³-hybridized carbons (Fsp3) is 0.500. The maximum absolute atomic E-state index is 5.94. The zero-order valence-electron chi connectivity index (χ0n) is 12.8. The Hall–Kier alpha value is -1.45. The van der Waals surface area contributed by atoms with Gasteiger partial charge in [-0.05, 0) is 42.4 Å². The number of aromatic nitrogens is 1. The van der Waals surface area contributed by atoms with Crippen molar-refractivity contribution in [3.8, 4) is 0 Å². The molecule has 1 saturated carbocycles. The van der Waals surface area contributed by atoms with Gasteiger partial charge in [0, 0.05) is 17.6 Å². The number of hydrogen-bond donors (Lipinski definition) is 2. The number of nitrogens with zero attached hydrogens (tertiary/aromatic N) is 1. The van der Waals surface area contributed by atoms with Crippen molar-refractivity contribution < 1.29 is 0 Å². The number of benzene rings is 1. The van der Waals surface area contributed by atoms with Crippen molar-refractivity contribution in [3.63, 3.8) is 0 Å². The molecule has 0 amide bonds. The maximum atomic E-state index is 5.94. The lowest BCUT2D eigenvalue weighted by Gasteiger charge is -2.34. The number of hydrazine groups is 1. The summed E-state index contributed by atoms with van der Waals surface area (Å²) >= 11 is 0. The third-order valence-electron chi connectivity index (χ3n) is 5.07. The average Bonchev–Trinajstić information content (AvgIpc) is 2.56. The predicted molar refractivity (Wildman–Crippen MR) is 87.5 cm³/mol. The van der Waals surface area contributed by atoms with Crippen molar-refractivity contribution in [1.82, 2.24) is 10.4 Å². The molecule has 21 heavy (non-hydrogen) atoms. The molecule has 0 radical (unpaired) electrons. The van der Waals surface area contributed by atoms with Gasteiger partial charge in [-0.15, -0.1) is 0 Å². The number of rotatable bonds is 4. The Bertz CT molecular complexity index is 591. The zero-order chi connectivity index (χ0) is 14.7. The molecule has 3 heteroatoms. The van der Waals surface area contributed by atoms with Gasteiger partial charge in [0.25, 0.3) is 0 Å². The molecular weight excluding hydrogens is 258 g/mol. The van der Waals surface area contributed by atoms with E-state index < -0.39 is 0 Å². The molecule has 0 aliphatic heterocycles. The Morgan fingerprint density at radius 3 is 2.95 bits per heavy atom. The van der Waals surface area contributed by atoms with Crippen LogP contribution in [0.15, 0.2) is 36.5 Å². The highest BCUT2D eigenvalue weighted by atomic mass is 15.2. The second-order valence-corrected chi connectivity index (χ2v) is 6.26. The number of fused-ring (bicyclic) bond motifs is 1. The summed E-state index contributed by atoms with van der Waals surface area (Å²) in [5.74, 6) is 7.42. The van der Waals surface area contributed by atoms with Crippen molar-refractivity contribution in [3.05, 3.63) is 42.1 Å². The van der Waals surface area contributed by atoms with Crippen molar-refractivity contribution in [1.29, 1.82) is 0 Å². The summed E-state index contributed by atoms with van der Waals surface area (Å²) in [5.41, 5.74) is 5.45. The molecule has 1 aromatic carbocycles. The van der Waals surface area contributed by atoms with Crippen molar-refractivity contribution in [2.75, 3.05) is 0 Å². The van der Waals surface area contributed by atoms with E-state index in [-0.39, 0.29) is 6.04 Å². The normalized spacial score (nSPS) is 24.1. The topological polar surface area (TPSA) is 50.9 Å². The summed E-state index contributed by atoms with van der Waals surface area (Å²) in [6.07, 6.45) is 8.43. The second kappa shape index (κ2) is 6.54. The minimum atomic E-state index is 0.229. The van der Waals surface area contributed by atoms with Gasteiger partial charge in [0.2, 0.25) is 0 Å². The molecule has 1 aliphatic carbocycles. The van der Waals surface area contributed by atoms with E-state index in [1.165, 1.54) is 43.1 Å². The minimum Gasteiger partial charge on any atom is -0.271 e. The molecule has 3 unspecified atom stereocenters. The number of nitrogens with one attached hydrogen (secondary N) is 1. The zero-order valence-corrected chi connectivity index (χ0v) is 12.8. The molecule has 0 saturated heterocycles. The van der Waals surface area contributed by atoms with Gasteiger partial charge in [-0.2, -0.15) is 0 Å². The van der Waals surface area contributed by atoms with Crippen LogP contribution in [0.4, 0.5) is 0 Å². The van der Waals surface area contributed by atoms with Gasteiger partial charge in [0.05, 0.1) is 5.52 Å². The van der Waals surface area contributed by atoms with Crippen LogP contribution in [0.2, 0.25) is 0 Å². The first-order valence-electron chi connectivity index (χ1n) is 8.13.